The van der Waals surface area contributed by atoms with E-state index in [0.717, 1.165) is 16.6 Å². The molecule has 19 heavy (non-hydrogen) atoms. The van der Waals surface area contributed by atoms with Crippen molar-refractivity contribution < 1.29 is 0 Å². The Labute approximate surface area is 114 Å². The monoisotopic (exact) mass is 255 g/mol. The number of hydrogen-bond acceptors (Lipinski definition) is 3. The molecule has 3 rings (SSSR count). The van der Waals surface area contributed by atoms with Crippen LogP contribution >= 0.6 is 0 Å². The Morgan fingerprint density at radius 1 is 1.16 bits per heavy atom. The summed E-state index contributed by atoms with van der Waals surface area (Å²) in [5.41, 5.74) is 8.96. The van der Waals surface area contributed by atoms with Gasteiger partial charge in [-0.25, -0.2) is 0 Å². The van der Waals surface area contributed by atoms with Crippen LogP contribution in [0.4, 0.5) is 11.4 Å². The molecule has 1 aromatic heterocycles. The van der Waals surface area contributed by atoms with Crippen molar-refractivity contribution in [3.8, 4) is 0 Å². The third-order valence-electron chi connectivity index (χ3n) is 4.28. The number of pyridine rings is 1. The first-order valence-electron chi connectivity index (χ1n) is 7.13. The molecule has 2 N–H and O–H groups in total. The van der Waals surface area contributed by atoms with E-state index in [1.165, 1.54) is 37.8 Å². The topological polar surface area (TPSA) is 42.2 Å². The lowest BCUT2D eigenvalue weighted by Crippen LogP contribution is -2.33. The largest absolute Gasteiger partial charge is 0.397 e. The fourth-order valence-corrected chi connectivity index (χ4v) is 3.16. The Hall–Kier alpha value is -1.77. The fraction of sp³-hybridized carbons (Fsp3) is 0.438. The highest BCUT2D eigenvalue weighted by Crippen LogP contribution is 2.32. The van der Waals surface area contributed by atoms with Crippen molar-refractivity contribution in [2.45, 2.75) is 38.1 Å². The smallest absolute Gasteiger partial charge is 0.0951 e. The van der Waals surface area contributed by atoms with Gasteiger partial charge in [-0.1, -0.05) is 31.4 Å². The van der Waals surface area contributed by atoms with E-state index in [4.69, 9.17) is 5.73 Å². The quantitative estimate of drug-likeness (QED) is 0.834. The fourth-order valence-electron chi connectivity index (χ4n) is 3.16. The minimum atomic E-state index is 0.654. The number of fused-ring (bicyclic) bond motifs is 1. The minimum Gasteiger partial charge on any atom is -0.397 e. The summed E-state index contributed by atoms with van der Waals surface area (Å²) >= 11 is 0. The first-order chi connectivity index (χ1) is 9.27. The maximum absolute atomic E-state index is 6.02. The van der Waals surface area contributed by atoms with Gasteiger partial charge in [0, 0.05) is 30.4 Å². The Morgan fingerprint density at radius 3 is 2.74 bits per heavy atom. The average molecular weight is 255 g/mol. The van der Waals surface area contributed by atoms with Gasteiger partial charge >= 0.3 is 0 Å². The molecule has 1 fully saturated rings. The molecule has 0 saturated heterocycles. The molecule has 1 aliphatic carbocycles. The first kappa shape index (κ1) is 12.3. The number of anilines is 2. The summed E-state index contributed by atoms with van der Waals surface area (Å²) in [4.78, 5) is 6.84. The maximum atomic E-state index is 6.02. The molecule has 100 valence electrons. The van der Waals surface area contributed by atoms with E-state index in [0.29, 0.717) is 6.04 Å². The van der Waals surface area contributed by atoms with Crippen molar-refractivity contribution in [2.75, 3.05) is 17.7 Å². The standard InChI is InChI=1S/C16H21N3/c1-19(12-6-3-2-4-7-12)15-10-11-18-16-13(15)8-5-9-14(16)17/h5,8-12H,2-4,6-7,17H2,1H3. The third kappa shape index (κ3) is 2.25. The maximum Gasteiger partial charge on any atom is 0.0951 e. The number of nitrogens with two attached hydrogens (primary N) is 1. The summed E-state index contributed by atoms with van der Waals surface area (Å²) in [5.74, 6) is 0. The van der Waals surface area contributed by atoms with Crippen LogP contribution in [0, 0.1) is 0 Å². The SMILES string of the molecule is CN(c1ccnc2c(N)cccc12)C1CCCCC1. The van der Waals surface area contributed by atoms with Gasteiger partial charge in [0.1, 0.15) is 0 Å². The van der Waals surface area contributed by atoms with E-state index in [2.05, 4.69) is 29.1 Å². The lowest BCUT2D eigenvalue weighted by molar-refractivity contribution is 0.428. The summed E-state index contributed by atoms with van der Waals surface area (Å²) < 4.78 is 0. The van der Waals surface area contributed by atoms with Gasteiger partial charge in [0.25, 0.3) is 0 Å². The Kier molecular flexibility index (Phi) is 3.28. The van der Waals surface area contributed by atoms with Gasteiger partial charge in [-0.05, 0) is 25.0 Å². The number of aromatic nitrogens is 1. The van der Waals surface area contributed by atoms with E-state index in [-0.39, 0.29) is 0 Å². The molecule has 0 unspecified atom stereocenters. The molecule has 0 bridgehead atoms. The van der Waals surface area contributed by atoms with Gasteiger partial charge in [-0.2, -0.15) is 0 Å². The molecule has 1 heterocycles. The van der Waals surface area contributed by atoms with Crippen LogP contribution in [0.15, 0.2) is 30.5 Å². The van der Waals surface area contributed by atoms with Crippen LogP contribution in [0.2, 0.25) is 0 Å². The molecule has 1 aliphatic rings. The molecule has 0 radical (unpaired) electrons. The van der Waals surface area contributed by atoms with Crippen molar-refractivity contribution >= 4 is 22.3 Å². The summed E-state index contributed by atoms with van der Waals surface area (Å²) in [6, 6.07) is 8.81. The molecule has 0 aliphatic heterocycles. The van der Waals surface area contributed by atoms with Crippen molar-refractivity contribution in [3.05, 3.63) is 30.5 Å². The van der Waals surface area contributed by atoms with Crippen molar-refractivity contribution in [3.63, 3.8) is 0 Å². The first-order valence-corrected chi connectivity index (χ1v) is 7.13. The molecule has 1 saturated carbocycles. The highest BCUT2D eigenvalue weighted by molar-refractivity contribution is 5.98. The van der Waals surface area contributed by atoms with E-state index in [9.17, 15) is 0 Å². The van der Waals surface area contributed by atoms with Crippen LogP contribution < -0.4 is 10.6 Å². The Morgan fingerprint density at radius 2 is 1.95 bits per heavy atom. The van der Waals surface area contributed by atoms with Crippen LogP contribution in [0.5, 0.6) is 0 Å². The molecule has 3 nitrogen and oxygen atoms in total. The van der Waals surface area contributed by atoms with Crippen molar-refractivity contribution in [1.82, 2.24) is 4.98 Å². The van der Waals surface area contributed by atoms with Gasteiger partial charge in [0.05, 0.1) is 11.2 Å². The molecule has 2 aromatic rings. The van der Waals surface area contributed by atoms with Crippen molar-refractivity contribution in [2.24, 2.45) is 0 Å². The van der Waals surface area contributed by atoms with Gasteiger partial charge < -0.3 is 10.6 Å². The third-order valence-corrected chi connectivity index (χ3v) is 4.28. The van der Waals surface area contributed by atoms with Crippen LogP contribution in [-0.2, 0) is 0 Å². The van der Waals surface area contributed by atoms with Gasteiger partial charge in [-0.15, -0.1) is 0 Å². The zero-order valence-electron chi connectivity index (χ0n) is 11.5. The highest BCUT2D eigenvalue weighted by Gasteiger charge is 2.19. The molecule has 0 atom stereocenters. The second-order valence-corrected chi connectivity index (χ2v) is 5.48. The summed E-state index contributed by atoms with van der Waals surface area (Å²) in [6.45, 7) is 0. The molecule has 0 spiro atoms. The van der Waals surface area contributed by atoms with E-state index >= 15 is 0 Å². The predicted octanol–water partition coefficient (Wildman–Crippen LogP) is 3.59. The number of hydrogen-bond donors (Lipinski definition) is 1. The van der Waals surface area contributed by atoms with E-state index < -0.39 is 0 Å². The van der Waals surface area contributed by atoms with E-state index in [1.807, 2.05) is 18.3 Å². The van der Waals surface area contributed by atoms with E-state index in [1.54, 1.807) is 0 Å². The average Bonchev–Trinajstić information content (AvgIpc) is 2.47. The summed E-state index contributed by atoms with van der Waals surface area (Å²) in [7, 11) is 2.20. The Bertz CT molecular complexity index is 573. The normalized spacial score (nSPS) is 16.7. The highest BCUT2D eigenvalue weighted by atomic mass is 15.1. The zero-order valence-corrected chi connectivity index (χ0v) is 11.5. The lowest BCUT2D eigenvalue weighted by Gasteiger charge is -2.33. The van der Waals surface area contributed by atoms with Gasteiger partial charge in [0.15, 0.2) is 0 Å². The minimum absolute atomic E-state index is 0.654. The van der Waals surface area contributed by atoms with Crippen LogP contribution in [0.25, 0.3) is 10.9 Å². The molecular weight excluding hydrogens is 234 g/mol. The number of rotatable bonds is 2. The van der Waals surface area contributed by atoms with Crippen LogP contribution in [0.1, 0.15) is 32.1 Å². The molecule has 3 heteroatoms. The van der Waals surface area contributed by atoms with Crippen molar-refractivity contribution in [1.29, 1.82) is 0 Å². The summed E-state index contributed by atoms with van der Waals surface area (Å²) in [6.07, 6.45) is 8.54. The predicted molar refractivity (Wildman–Crippen MR) is 81.4 cm³/mol. The molecular formula is C16H21N3. The number of nitrogens with zero attached hydrogens (tertiary/aromatic N) is 2. The van der Waals surface area contributed by atoms with Gasteiger partial charge in [-0.3, -0.25) is 4.98 Å². The molecule has 1 aromatic carbocycles. The Balaban J connectivity index is 2.02. The number of nitrogen functional groups attached to an aromatic ring is 1. The van der Waals surface area contributed by atoms with Gasteiger partial charge in [0.2, 0.25) is 0 Å². The number of para-hydroxylation sites is 1. The zero-order chi connectivity index (χ0) is 13.2. The lowest BCUT2D eigenvalue weighted by atomic mass is 9.94. The van der Waals surface area contributed by atoms with Crippen LogP contribution in [0.3, 0.4) is 0 Å². The second-order valence-electron chi connectivity index (χ2n) is 5.48. The second kappa shape index (κ2) is 5.08. The summed E-state index contributed by atoms with van der Waals surface area (Å²) in [5, 5.41) is 1.16. The molecule has 0 amide bonds. The van der Waals surface area contributed by atoms with Crippen LogP contribution in [-0.4, -0.2) is 18.1 Å². The number of benzene rings is 1.